The fourth-order valence-electron chi connectivity index (χ4n) is 3.08. The van der Waals surface area contributed by atoms with Crippen molar-refractivity contribution in [1.82, 2.24) is 10.2 Å². The Morgan fingerprint density at radius 3 is 3.00 bits per heavy atom. The van der Waals surface area contributed by atoms with Crippen molar-refractivity contribution < 1.29 is 0 Å². The van der Waals surface area contributed by atoms with Crippen LogP contribution in [0.3, 0.4) is 0 Å². The summed E-state index contributed by atoms with van der Waals surface area (Å²) >= 11 is 2.13. The van der Waals surface area contributed by atoms with E-state index >= 15 is 0 Å². The van der Waals surface area contributed by atoms with Crippen molar-refractivity contribution in [1.29, 1.82) is 0 Å². The molecular weight excluding hydrogens is 228 g/mol. The fraction of sp³-hybridized carbons (Fsp3) is 1.00. The molecule has 0 saturated carbocycles. The third-order valence-electron chi connectivity index (χ3n) is 3.99. The Kier molecular flexibility index (Phi) is 5.19. The predicted octanol–water partition coefficient (Wildman–Crippen LogP) is 2.59. The van der Waals surface area contributed by atoms with Crippen molar-refractivity contribution in [3.63, 3.8) is 0 Å². The molecule has 1 unspecified atom stereocenters. The lowest BCUT2D eigenvalue weighted by molar-refractivity contribution is 0.242. The molecule has 0 aromatic rings. The molecular formula is C14H28N2S. The van der Waals surface area contributed by atoms with E-state index in [1.807, 2.05) is 0 Å². The Hall–Kier alpha value is 0.270. The van der Waals surface area contributed by atoms with Crippen LogP contribution in [-0.4, -0.2) is 48.1 Å². The van der Waals surface area contributed by atoms with Crippen LogP contribution in [0.5, 0.6) is 0 Å². The molecule has 100 valence electrons. The first-order chi connectivity index (χ1) is 8.16. The summed E-state index contributed by atoms with van der Waals surface area (Å²) in [7, 11) is 0. The summed E-state index contributed by atoms with van der Waals surface area (Å²) < 4.78 is 0.477. The van der Waals surface area contributed by atoms with Crippen LogP contribution in [0.4, 0.5) is 0 Å². The first-order valence-corrected chi connectivity index (χ1v) is 8.21. The maximum Gasteiger partial charge on any atom is 0.0231 e. The van der Waals surface area contributed by atoms with Gasteiger partial charge in [-0.25, -0.2) is 0 Å². The van der Waals surface area contributed by atoms with E-state index in [2.05, 4.69) is 35.8 Å². The van der Waals surface area contributed by atoms with Gasteiger partial charge in [-0.2, -0.15) is 11.8 Å². The summed E-state index contributed by atoms with van der Waals surface area (Å²) in [5, 5.41) is 3.52. The smallest absolute Gasteiger partial charge is 0.0231 e. The molecule has 17 heavy (non-hydrogen) atoms. The summed E-state index contributed by atoms with van der Waals surface area (Å²) in [5.74, 6) is 2.27. The van der Waals surface area contributed by atoms with Crippen molar-refractivity contribution >= 4 is 11.8 Å². The second kappa shape index (κ2) is 6.44. The fourth-order valence-corrected chi connectivity index (χ4v) is 4.25. The first kappa shape index (κ1) is 13.7. The number of rotatable bonds is 4. The maximum atomic E-state index is 3.52. The molecule has 2 heterocycles. The molecule has 1 N–H and O–H groups in total. The normalized spacial score (nSPS) is 30.4. The van der Waals surface area contributed by atoms with E-state index in [1.165, 1.54) is 64.2 Å². The van der Waals surface area contributed by atoms with Gasteiger partial charge in [-0.15, -0.1) is 0 Å². The minimum Gasteiger partial charge on any atom is -0.316 e. The van der Waals surface area contributed by atoms with E-state index in [9.17, 15) is 0 Å². The Bertz CT molecular complexity index is 224. The molecule has 2 aliphatic rings. The third kappa shape index (κ3) is 4.80. The molecule has 2 aliphatic heterocycles. The van der Waals surface area contributed by atoms with Crippen LogP contribution in [0.1, 0.15) is 39.5 Å². The van der Waals surface area contributed by atoms with Gasteiger partial charge in [-0.1, -0.05) is 0 Å². The topological polar surface area (TPSA) is 15.3 Å². The van der Waals surface area contributed by atoms with Crippen LogP contribution in [0, 0.1) is 5.92 Å². The summed E-state index contributed by atoms with van der Waals surface area (Å²) in [6.45, 7) is 11.2. The first-order valence-electron chi connectivity index (χ1n) is 7.23. The zero-order valence-electron chi connectivity index (χ0n) is 11.5. The molecule has 2 rings (SSSR count). The van der Waals surface area contributed by atoms with Crippen LogP contribution < -0.4 is 5.32 Å². The second-order valence-electron chi connectivity index (χ2n) is 6.24. The molecule has 0 aromatic heterocycles. The zero-order valence-corrected chi connectivity index (χ0v) is 12.3. The van der Waals surface area contributed by atoms with Crippen LogP contribution in [-0.2, 0) is 0 Å². The average molecular weight is 256 g/mol. The van der Waals surface area contributed by atoms with Gasteiger partial charge in [-0.05, 0) is 65.1 Å². The number of nitrogens with one attached hydrogen (secondary N) is 1. The molecule has 0 radical (unpaired) electrons. The molecule has 0 aliphatic carbocycles. The molecule has 0 aromatic carbocycles. The van der Waals surface area contributed by atoms with E-state index in [4.69, 9.17) is 0 Å². The number of hydrogen-bond donors (Lipinski definition) is 1. The number of thioether (sulfide) groups is 1. The number of hydrogen-bond acceptors (Lipinski definition) is 3. The molecule has 2 nitrogen and oxygen atoms in total. The van der Waals surface area contributed by atoms with Gasteiger partial charge in [0, 0.05) is 23.6 Å². The van der Waals surface area contributed by atoms with Gasteiger partial charge in [0.25, 0.3) is 0 Å². The lowest BCUT2D eigenvalue weighted by Crippen LogP contribution is -2.43. The lowest BCUT2D eigenvalue weighted by atomic mass is 9.94. The quantitative estimate of drug-likeness (QED) is 0.832. The van der Waals surface area contributed by atoms with Crippen molar-refractivity contribution in [2.45, 2.75) is 44.3 Å². The van der Waals surface area contributed by atoms with Gasteiger partial charge in [0.2, 0.25) is 0 Å². The van der Waals surface area contributed by atoms with Gasteiger partial charge in [0.1, 0.15) is 0 Å². The lowest BCUT2D eigenvalue weighted by Gasteiger charge is -2.37. The molecule has 2 saturated heterocycles. The maximum absolute atomic E-state index is 3.52. The largest absolute Gasteiger partial charge is 0.316 e. The highest BCUT2D eigenvalue weighted by Gasteiger charge is 2.26. The van der Waals surface area contributed by atoms with Gasteiger partial charge in [0.05, 0.1) is 0 Å². The molecule has 0 amide bonds. The van der Waals surface area contributed by atoms with Gasteiger partial charge >= 0.3 is 0 Å². The van der Waals surface area contributed by atoms with Gasteiger partial charge in [0.15, 0.2) is 0 Å². The van der Waals surface area contributed by atoms with E-state index in [-0.39, 0.29) is 0 Å². The van der Waals surface area contributed by atoms with Crippen molar-refractivity contribution in [2.24, 2.45) is 5.92 Å². The summed E-state index contributed by atoms with van der Waals surface area (Å²) in [5.41, 5.74) is 0. The molecule has 1 atom stereocenters. The monoisotopic (exact) mass is 256 g/mol. The van der Waals surface area contributed by atoms with Crippen LogP contribution in [0.25, 0.3) is 0 Å². The number of piperidine rings is 1. The highest BCUT2D eigenvalue weighted by atomic mass is 32.2. The average Bonchev–Trinajstić information content (AvgIpc) is 2.29. The third-order valence-corrected chi connectivity index (χ3v) is 5.29. The summed E-state index contributed by atoms with van der Waals surface area (Å²) in [4.78, 5) is 2.67. The Morgan fingerprint density at radius 1 is 1.41 bits per heavy atom. The summed E-state index contributed by atoms with van der Waals surface area (Å²) in [6.07, 6.45) is 5.66. The highest BCUT2D eigenvalue weighted by Crippen LogP contribution is 2.29. The highest BCUT2D eigenvalue weighted by molar-refractivity contribution is 8.00. The van der Waals surface area contributed by atoms with Gasteiger partial charge in [-0.3, -0.25) is 0 Å². The van der Waals surface area contributed by atoms with E-state index < -0.39 is 0 Å². The Labute approximate surface area is 111 Å². The van der Waals surface area contributed by atoms with Crippen LogP contribution in [0.2, 0.25) is 0 Å². The standard InChI is InChI=1S/C14H28N2S/c1-14(2)12-16(9-10-17-14)8-4-6-13-5-3-7-15-11-13/h13,15H,3-12H2,1-2H3. The van der Waals surface area contributed by atoms with Crippen LogP contribution in [0.15, 0.2) is 0 Å². The van der Waals surface area contributed by atoms with Crippen molar-refractivity contribution in [3.8, 4) is 0 Å². The van der Waals surface area contributed by atoms with Gasteiger partial charge < -0.3 is 10.2 Å². The van der Waals surface area contributed by atoms with Crippen molar-refractivity contribution in [2.75, 3.05) is 38.5 Å². The molecule has 3 heteroatoms. The molecule has 0 bridgehead atoms. The van der Waals surface area contributed by atoms with E-state index in [0.29, 0.717) is 4.75 Å². The second-order valence-corrected chi connectivity index (χ2v) is 8.04. The van der Waals surface area contributed by atoms with Crippen LogP contribution >= 0.6 is 11.8 Å². The molecule has 0 spiro atoms. The van der Waals surface area contributed by atoms with E-state index in [0.717, 1.165) is 5.92 Å². The predicted molar refractivity (Wildman–Crippen MR) is 77.8 cm³/mol. The summed E-state index contributed by atoms with van der Waals surface area (Å²) in [6, 6.07) is 0. The zero-order chi connectivity index (χ0) is 12.1. The minimum absolute atomic E-state index is 0.477. The SMILES string of the molecule is CC1(C)CN(CCCC2CCCNC2)CCS1. The minimum atomic E-state index is 0.477. The van der Waals surface area contributed by atoms with E-state index in [1.54, 1.807) is 0 Å². The van der Waals surface area contributed by atoms with Crippen molar-refractivity contribution in [3.05, 3.63) is 0 Å². The Morgan fingerprint density at radius 2 is 2.29 bits per heavy atom. The number of nitrogens with zero attached hydrogens (tertiary/aromatic N) is 1. The Balaban J connectivity index is 1.61. The molecule has 2 fully saturated rings.